The molecule has 0 saturated carbocycles. The first-order valence-corrected chi connectivity index (χ1v) is 12.0. The van der Waals surface area contributed by atoms with Crippen molar-refractivity contribution < 1.29 is 4.74 Å². The van der Waals surface area contributed by atoms with Crippen LogP contribution in [0.15, 0.2) is 0 Å². The molecule has 30 heavy (non-hydrogen) atoms. The second-order valence-electron chi connectivity index (χ2n) is 16.3. The SMILES string of the molecule is CC(C)(C)C.CC(C)(C)C.CC(C)(C)C.CC(C)(C)COCC(C)(C)C.CC(C)C. The van der Waals surface area contributed by atoms with Gasteiger partial charge < -0.3 is 4.74 Å². The minimum atomic E-state index is 0.297. The Labute approximate surface area is 196 Å². The molecule has 0 bridgehead atoms. The van der Waals surface area contributed by atoms with Crippen molar-refractivity contribution in [1.29, 1.82) is 0 Å². The van der Waals surface area contributed by atoms with Crippen LogP contribution < -0.4 is 0 Å². The van der Waals surface area contributed by atoms with Crippen LogP contribution >= 0.6 is 0 Å². The van der Waals surface area contributed by atoms with Gasteiger partial charge in [-0.15, -0.1) is 0 Å². The second-order valence-corrected chi connectivity index (χ2v) is 16.3. The first kappa shape index (κ1) is 40.3. The monoisotopic (exact) mass is 433 g/mol. The quantitative estimate of drug-likeness (QED) is 0.421. The Hall–Kier alpha value is -0.0400. The van der Waals surface area contributed by atoms with E-state index in [4.69, 9.17) is 4.74 Å². The van der Waals surface area contributed by atoms with Crippen molar-refractivity contribution in [1.82, 2.24) is 0 Å². The first-order chi connectivity index (χ1) is 12.4. The van der Waals surface area contributed by atoms with E-state index in [0.29, 0.717) is 27.1 Å². The van der Waals surface area contributed by atoms with E-state index in [9.17, 15) is 0 Å². The van der Waals surface area contributed by atoms with Crippen molar-refractivity contribution in [2.45, 2.75) is 145 Å². The van der Waals surface area contributed by atoms with Crippen LogP contribution in [0.1, 0.15) is 145 Å². The number of hydrogen-bond donors (Lipinski definition) is 0. The van der Waals surface area contributed by atoms with E-state index in [-0.39, 0.29) is 0 Å². The molecular weight excluding hydrogens is 364 g/mol. The zero-order valence-electron chi connectivity index (χ0n) is 25.9. The largest absolute Gasteiger partial charge is 0.380 e. The van der Waals surface area contributed by atoms with E-state index in [2.05, 4.69) is 145 Å². The summed E-state index contributed by atoms with van der Waals surface area (Å²) in [5.74, 6) is 0.833. The summed E-state index contributed by atoms with van der Waals surface area (Å²) >= 11 is 0. The van der Waals surface area contributed by atoms with E-state index < -0.39 is 0 Å². The molecule has 0 N–H and O–H groups in total. The average Bonchev–Trinajstić information content (AvgIpc) is 2.14. The van der Waals surface area contributed by atoms with Gasteiger partial charge in [-0.2, -0.15) is 0 Å². The fraction of sp³-hybridized carbons (Fsp3) is 1.00. The molecule has 0 heterocycles. The summed E-state index contributed by atoms with van der Waals surface area (Å²) in [5.41, 5.74) is 2.09. The first-order valence-electron chi connectivity index (χ1n) is 12.0. The molecule has 0 spiro atoms. The average molecular weight is 433 g/mol. The van der Waals surface area contributed by atoms with E-state index in [0.717, 1.165) is 19.1 Å². The minimum Gasteiger partial charge on any atom is -0.380 e. The molecule has 1 nitrogen and oxygen atoms in total. The predicted octanol–water partition coefficient (Wildman–Crippen LogP) is 10.9. The van der Waals surface area contributed by atoms with Crippen LogP contribution in [-0.4, -0.2) is 13.2 Å². The van der Waals surface area contributed by atoms with Gasteiger partial charge in [0.25, 0.3) is 0 Å². The Kier molecular flexibility index (Phi) is 23.5. The summed E-state index contributed by atoms with van der Waals surface area (Å²) in [6.07, 6.45) is 0. The standard InChI is InChI=1S/C10H22O.3C5H12.C4H10/c1-9(2,3)7-11-8-10(4,5)6;3*1-5(2,3)4;1-4(2)3/h7-8H2,1-6H3;3*1-4H3;4H,1-3H3. The van der Waals surface area contributed by atoms with Crippen molar-refractivity contribution in [2.24, 2.45) is 33.0 Å². The normalized spacial score (nSPS) is 12.2. The highest BCUT2D eigenvalue weighted by atomic mass is 16.5. The molecule has 1 heteroatoms. The topological polar surface area (TPSA) is 9.23 Å². The molecule has 0 saturated heterocycles. The Bertz CT molecular complexity index is 266. The van der Waals surface area contributed by atoms with Crippen LogP contribution in [0.3, 0.4) is 0 Å². The second kappa shape index (κ2) is 17.5. The lowest BCUT2D eigenvalue weighted by Gasteiger charge is -2.23. The van der Waals surface area contributed by atoms with Gasteiger partial charge in [0.2, 0.25) is 0 Å². The predicted molar refractivity (Wildman–Crippen MR) is 146 cm³/mol. The Morgan fingerprint density at radius 1 is 0.400 bits per heavy atom. The van der Waals surface area contributed by atoms with Crippen molar-refractivity contribution in [2.75, 3.05) is 13.2 Å². The fourth-order valence-electron chi connectivity index (χ4n) is 0.663. The molecule has 0 aromatic carbocycles. The van der Waals surface area contributed by atoms with Gasteiger partial charge in [-0.3, -0.25) is 0 Å². The summed E-state index contributed by atoms with van der Waals surface area (Å²) in [6, 6.07) is 0. The highest BCUT2D eigenvalue weighted by Crippen LogP contribution is 2.17. The number of hydrogen-bond acceptors (Lipinski definition) is 1. The van der Waals surface area contributed by atoms with E-state index in [1.807, 2.05) is 0 Å². The molecule has 0 aromatic rings. The van der Waals surface area contributed by atoms with Gasteiger partial charge in [-0.05, 0) is 33.0 Å². The van der Waals surface area contributed by atoms with Crippen LogP contribution in [-0.2, 0) is 4.74 Å². The van der Waals surface area contributed by atoms with Gasteiger partial charge in [-0.25, -0.2) is 0 Å². The lowest BCUT2D eigenvalue weighted by molar-refractivity contribution is 0.0275. The molecule has 0 fully saturated rings. The maximum absolute atomic E-state index is 5.56. The molecule has 0 aromatic heterocycles. The van der Waals surface area contributed by atoms with Gasteiger partial charge in [-0.1, -0.05) is 145 Å². The van der Waals surface area contributed by atoms with Crippen molar-refractivity contribution in [3.63, 3.8) is 0 Å². The lowest BCUT2D eigenvalue weighted by atomic mass is 9.97. The maximum Gasteiger partial charge on any atom is 0.0514 e. The molecule has 0 rings (SSSR count). The third-order valence-corrected chi connectivity index (χ3v) is 1.07. The summed E-state index contributed by atoms with van der Waals surface area (Å²) in [7, 11) is 0. The molecule has 0 unspecified atom stereocenters. The molecule has 0 atom stereocenters. The minimum absolute atomic E-state index is 0.297. The Balaban J connectivity index is -0.0000000935. The van der Waals surface area contributed by atoms with Crippen LogP contribution in [0.25, 0.3) is 0 Å². The third-order valence-electron chi connectivity index (χ3n) is 1.07. The Morgan fingerprint density at radius 2 is 0.500 bits per heavy atom. The van der Waals surface area contributed by atoms with Crippen LogP contribution in [0.5, 0.6) is 0 Å². The number of ether oxygens (including phenoxy) is 1. The zero-order chi connectivity index (χ0) is 26.2. The zero-order valence-corrected chi connectivity index (χ0v) is 25.9. The summed E-state index contributed by atoms with van der Waals surface area (Å²) in [5, 5.41) is 0. The van der Waals surface area contributed by atoms with Crippen molar-refractivity contribution >= 4 is 0 Å². The maximum atomic E-state index is 5.56. The highest BCUT2D eigenvalue weighted by Gasteiger charge is 2.14. The number of rotatable bonds is 2. The van der Waals surface area contributed by atoms with E-state index >= 15 is 0 Å². The fourth-order valence-corrected chi connectivity index (χ4v) is 0.663. The third kappa shape index (κ3) is 321. The highest BCUT2D eigenvalue weighted by molar-refractivity contribution is 4.63. The molecule has 190 valence electrons. The summed E-state index contributed by atoms with van der Waals surface area (Å²) < 4.78 is 5.56. The van der Waals surface area contributed by atoms with Gasteiger partial charge in [0.1, 0.15) is 0 Å². The van der Waals surface area contributed by atoms with E-state index in [1.165, 1.54) is 0 Å². The smallest absolute Gasteiger partial charge is 0.0514 e. The van der Waals surface area contributed by atoms with Crippen LogP contribution in [0, 0.1) is 33.0 Å². The molecule has 0 radical (unpaired) electrons. The molecule has 0 aliphatic rings. The van der Waals surface area contributed by atoms with Crippen LogP contribution in [0.4, 0.5) is 0 Å². The summed E-state index contributed by atoms with van der Waals surface area (Å²) in [4.78, 5) is 0. The summed E-state index contributed by atoms with van der Waals surface area (Å²) in [6.45, 7) is 47.6. The van der Waals surface area contributed by atoms with Gasteiger partial charge >= 0.3 is 0 Å². The molecule has 0 amide bonds. The molecule has 0 aliphatic heterocycles. The van der Waals surface area contributed by atoms with Gasteiger partial charge in [0.05, 0.1) is 13.2 Å². The van der Waals surface area contributed by atoms with Gasteiger partial charge in [0.15, 0.2) is 0 Å². The Morgan fingerprint density at radius 3 is 0.567 bits per heavy atom. The molecular formula is C29H68O. The van der Waals surface area contributed by atoms with Crippen LogP contribution in [0.2, 0.25) is 0 Å². The van der Waals surface area contributed by atoms with E-state index in [1.54, 1.807) is 0 Å². The molecule has 0 aliphatic carbocycles. The van der Waals surface area contributed by atoms with Gasteiger partial charge in [0, 0.05) is 0 Å². The lowest BCUT2D eigenvalue weighted by Crippen LogP contribution is -2.21. The van der Waals surface area contributed by atoms with Crippen molar-refractivity contribution in [3.8, 4) is 0 Å². The van der Waals surface area contributed by atoms with Crippen molar-refractivity contribution in [3.05, 3.63) is 0 Å².